The third kappa shape index (κ3) is 5.01. The summed E-state index contributed by atoms with van der Waals surface area (Å²) in [4.78, 5) is 16.9. The minimum Gasteiger partial charge on any atom is -0.497 e. The van der Waals surface area contributed by atoms with Gasteiger partial charge in [0.05, 0.1) is 45.4 Å². The summed E-state index contributed by atoms with van der Waals surface area (Å²) in [5.41, 5.74) is 0.544. The van der Waals surface area contributed by atoms with E-state index in [1.807, 2.05) is 6.07 Å². The van der Waals surface area contributed by atoms with E-state index in [1.54, 1.807) is 24.3 Å². The zero-order chi connectivity index (χ0) is 24.0. The maximum Gasteiger partial charge on any atom is 0.340 e. The summed E-state index contributed by atoms with van der Waals surface area (Å²) in [7, 11) is 1.20. The van der Waals surface area contributed by atoms with Gasteiger partial charge in [-0.1, -0.05) is 30.3 Å². The first-order valence-electron chi connectivity index (χ1n) is 9.77. The van der Waals surface area contributed by atoms with Crippen molar-refractivity contribution in [2.45, 2.75) is 11.4 Å². The van der Waals surface area contributed by atoms with E-state index < -0.39 is 16.0 Å². The first kappa shape index (κ1) is 23.9. The number of carbonyl (C=O) groups excluding carboxylic acids is 1. The molecular weight excluding hydrogens is 448 g/mol. The zero-order valence-corrected chi connectivity index (χ0v) is 19.5. The molecule has 0 amide bonds. The molecule has 0 bridgehead atoms. The van der Waals surface area contributed by atoms with Crippen molar-refractivity contribution < 1.29 is 32.2 Å². The Hall–Kier alpha value is -3.79. The van der Waals surface area contributed by atoms with Crippen LogP contribution in [0.2, 0.25) is 0 Å². The Balaban J connectivity index is 2.29. The van der Waals surface area contributed by atoms with Crippen molar-refractivity contribution in [1.29, 1.82) is 0 Å². The summed E-state index contributed by atoms with van der Waals surface area (Å²) in [6.45, 7) is -0.0937. The minimum absolute atomic E-state index is 0.00656. The Kier molecular flexibility index (Phi) is 7.39. The summed E-state index contributed by atoms with van der Waals surface area (Å²) in [5.74, 6) is -0.310. The lowest BCUT2D eigenvalue weighted by molar-refractivity contribution is 0.0600. The molecule has 3 rings (SSSR count). The second kappa shape index (κ2) is 10.2. The van der Waals surface area contributed by atoms with Gasteiger partial charge in [-0.3, -0.25) is 4.31 Å². The summed E-state index contributed by atoms with van der Waals surface area (Å²) >= 11 is 0. The van der Waals surface area contributed by atoms with E-state index in [-0.39, 0.29) is 34.5 Å². The SMILES string of the molecule is COC(=O)c1cc(OC)nc(OC)c1N(Cc1ccccc1)S(=O)(=O)c1ccc(OC)cc1. The second-order valence-electron chi connectivity index (χ2n) is 6.73. The Morgan fingerprint density at radius 3 is 2.12 bits per heavy atom. The van der Waals surface area contributed by atoms with E-state index in [0.717, 1.165) is 4.31 Å². The molecule has 10 heteroatoms. The molecule has 0 saturated heterocycles. The lowest BCUT2D eigenvalue weighted by atomic mass is 10.2. The van der Waals surface area contributed by atoms with Gasteiger partial charge in [-0.05, 0) is 29.8 Å². The number of benzene rings is 2. The van der Waals surface area contributed by atoms with Gasteiger partial charge in [0.2, 0.25) is 11.8 Å². The number of ether oxygens (including phenoxy) is 4. The largest absolute Gasteiger partial charge is 0.497 e. The Morgan fingerprint density at radius 1 is 0.909 bits per heavy atom. The molecule has 0 aliphatic rings. The first-order chi connectivity index (χ1) is 15.8. The molecule has 0 aliphatic heterocycles. The van der Waals surface area contributed by atoms with Crippen molar-refractivity contribution in [2.24, 2.45) is 0 Å². The van der Waals surface area contributed by atoms with Crippen LogP contribution < -0.4 is 18.5 Å². The summed E-state index contributed by atoms with van der Waals surface area (Å²) in [6.07, 6.45) is 0. The van der Waals surface area contributed by atoms with Crippen LogP contribution in [-0.2, 0) is 21.3 Å². The van der Waals surface area contributed by atoms with Gasteiger partial charge in [-0.25, -0.2) is 13.2 Å². The minimum atomic E-state index is -4.18. The highest BCUT2D eigenvalue weighted by Gasteiger charge is 2.33. The van der Waals surface area contributed by atoms with Crippen LogP contribution in [0.5, 0.6) is 17.5 Å². The number of hydrogen-bond donors (Lipinski definition) is 0. The summed E-state index contributed by atoms with van der Waals surface area (Å²) in [6, 6.07) is 16.2. The van der Waals surface area contributed by atoms with Gasteiger partial charge in [-0.2, -0.15) is 4.98 Å². The van der Waals surface area contributed by atoms with E-state index in [0.29, 0.717) is 11.3 Å². The van der Waals surface area contributed by atoms with Gasteiger partial charge >= 0.3 is 5.97 Å². The number of aromatic nitrogens is 1. The summed E-state index contributed by atoms with van der Waals surface area (Å²) in [5, 5.41) is 0. The van der Waals surface area contributed by atoms with Gasteiger partial charge in [0, 0.05) is 6.07 Å². The van der Waals surface area contributed by atoms with E-state index in [9.17, 15) is 13.2 Å². The topological polar surface area (TPSA) is 104 Å². The number of rotatable bonds is 9. The summed E-state index contributed by atoms with van der Waals surface area (Å²) < 4.78 is 49.3. The van der Waals surface area contributed by atoms with Crippen molar-refractivity contribution in [3.05, 3.63) is 71.8 Å². The fraction of sp³-hybridized carbons (Fsp3) is 0.217. The molecule has 174 valence electrons. The van der Waals surface area contributed by atoms with Crippen molar-refractivity contribution >= 4 is 21.7 Å². The van der Waals surface area contributed by atoms with Crippen LogP contribution in [0.4, 0.5) is 5.69 Å². The maximum atomic E-state index is 13.8. The predicted octanol–water partition coefficient (Wildman–Crippen LogP) is 3.29. The molecule has 0 fully saturated rings. The Labute approximate surface area is 192 Å². The molecule has 0 atom stereocenters. The second-order valence-corrected chi connectivity index (χ2v) is 8.60. The molecule has 0 aliphatic carbocycles. The fourth-order valence-electron chi connectivity index (χ4n) is 3.15. The number of pyridine rings is 1. The number of esters is 1. The molecule has 0 N–H and O–H groups in total. The smallest absolute Gasteiger partial charge is 0.340 e. The van der Waals surface area contributed by atoms with Crippen LogP contribution in [0.3, 0.4) is 0 Å². The molecule has 33 heavy (non-hydrogen) atoms. The van der Waals surface area contributed by atoms with Crippen LogP contribution in [0.15, 0.2) is 65.6 Å². The van der Waals surface area contributed by atoms with Crippen LogP contribution in [0, 0.1) is 0 Å². The van der Waals surface area contributed by atoms with Crippen LogP contribution in [0.1, 0.15) is 15.9 Å². The van der Waals surface area contributed by atoms with Crippen LogP contribution in [0.25, 0.3) is 0 Å². The van der Waals surface area contributed by atoms with Crippen molar-refractivity contribution in [1.82, 2.24) is 4.98 Å². The molecule has 0 spiro atoms. The van der Waals surface area contributed by atoms with Gasteiger partial charge in [0.25, 0.3) is 10.0 Å². The molecule has 9 nitrogen and oxygen atoms in total. The van der Waals surface area contributed by atoms with Crippen molar-refractivity contribution in [3.8, 4) is 17.5 Å². The third-order valence-electron chi connectivity index (χ3n) is 4.81. The molecule has 2 aromatic carbocycles. The number of anilines is 1. The Morgan fingerprint density at radius 2 is 1.58 bits per heavy atom. The van der Waals surface area contributed by atoms with Crippen molar-refractivity contribution in [3.63, 3.8) is 0 Å². The number of nitrogens with zero attached hydrogens (tertiary/aromatic N) is 2. The average Bonchev–Trinajstić information content (AvgIpc) is 2.86. The lowest BCUT2D eigenvalue weighted by Crippen LogP contribution is -2.32. The van der Waals surface area contributed by atoms with E-state index in [4.69, 9.17) is 18.9 Å². The van der Waals surface area contributed by atoms with E-state index >= 15 is 0 Å². The number of methoxy groups -OCH3 is 4. The zero-order valence-electron chi connectivity index (χ0n) is 18.6. The van der Waals surface area contributed by atoms with E-state index in [2.05, 4.69) is 4.98 Å². The normalized spacial score (nSPS) is 10.9. The standard InChI is InChI=1S/C23H24N2O7S/c1-29-17-10-12-18(13-11-17)33(27,28)25(15-16-8-6-5-7-9-16)21-19(23(26)32-4)14-20(30-2)24-22(21)31-3/h5-14H,15H2,1-4H3. The third-order valence-corrected chi connectivity index (χ3v) is 6.57. The monoisotopic (exact) mass is 472 g/mol. The van der Waals surface area contributed by atoms with Crippen LogP contribution >= 0.6 is 0 Å². The van der Waals surface area contributed by atoms with Gasteiger partial charge in [-0.15, -0.1) is 0 Å². The molecule has 1 heterocycles. The number of hydrogen-bond acceptors (Lipinski definition) is 8. The molecule has 0 saturated carbocycles. The quantitative estimate of drug-likeness (QED) is 0.437. The average molecular weight is 473 g/mol. The maximum absolute atomic E-state index is 13.8. The Bertz CT molecular complexity index is 1210. The molecular formula is C23H24N2O7S. The highest BCUT2D eigenvalue weighted by Crippen LogP contribution is 2.38. The number of carbonyl (C=O) groups is 1. The highest BCUT2D eigenvalue weighted by atomic mass is 32.2. The number of sulfonamides is 1. The highest BCUT2D eigenvalue weighted by molar-refractivity contribution is 7.92. The van der Waals surface area contributed by atoms with Gasteiger partial charge < -0.3 is 18.9 Å². The van der Waals surface area contributed by atoms with Gasteiger partial charge in [0.15, 0.2) is 0 Å². The fourth-order valence-corrected chi connectivity index (χ4v) is 4.62. The molecule has 3 aromatic rings. The molecule has 1 aromatic heterocycles. The van der Waals surface area contributed by atoms with Gasteiger partial charge in [0.1, 0.15) is 11.4 Å². The van der Waals surface area contributed by atoms with Crippen molar-refractivity contribution in [2.75, 3.05) is 32.7 Å². The lowest BCUT2D eigenvalue weighted by Gasteiger charge is -2.27. The predicted molar refractivity (Wildman–Crippen MR) is 121 cm³/mol. The molecule has 0 radical (unpaired) electrons. The molecule has 0 unspecified atom stereocenters. The van der Waals surface area contributed by atoms with Crippen LogP contribution in [-0.4, -0.2) is 47.8 Å². The first-order valence-corrected chi connectivity index (χ1v) is 11.2. The van der Waals surface area contributed by atoms with E-state index in [1.165, 1.54) is 58.8 Å².